The van der Waals surface area contributed by atoms with Crippen molar-refractivity contribution in [1.82, 2.24) is 4.98 Å². The van der Waals surface area contributed by atoms with Crippen molar-refractivity contribution in [3.63, 3.8) is 0 Å². The Kier molecular flexibility index (Phi) is 7.25. The molecule has 0 spiro atoms. The molecule has 0 radical (unpaired) electrons. The van der Waals surface area contributed by atoms with E-state index in [9.17, 15) is 9.59 Å². The summed E-state index contributed by atoms with van der Waals surface area (Å²) in [5, 5.41) is 0. The quantitative estimate of drug-likeness (QED) is 0.721. The maximum atomic E-state index is 12.8. The molecule has 0 aliphatic carbocycles. The zero-order valence-electron chi connectivity index (χ0n) is 18.9. The lowest BCUT2D eigenvalue weighted by Gasteiger charge is -2.40. The maximum Gasteiger partial charge on any atom is 0.414 e. The maximum absolute atomic E-state index is 12.8. The van der Waals surface area contributed by atoms with Crippen LogP contribution in [0.15, 0.2) is 53.8 Å². The molecule has 8 heteroatoms. The first kappa shape index (κ1) is 23.0. The Labute approximate surface area is 188 Å². The molecule has 2 aromatic rings. The largest absolute Gasteiger partial charge is 0.446 e. The van der Waals surface area contributed by atoms with Gasteiger partial charge >= 0.3 is 6.09 Å². The smallest absolute Gasteiger partial charge is 0.414 e. The van der Waals surface area contributed by atoms with Crippen molar-refractivity contribution in [3.05, 3.63) is 60.1 Å². The number of nitrogens with zero attached hydrogens (tertiary/aromatic N) is 4. The average molecular weight is 436 g/mol. The molecule has 0 saturated heterocycles. The number of carbonyl (C=O) groups is 2. The van der Waals surface area contributed by atoms with E-state index >= 15 is 0 Å². The second-order valence-corrected chi connectivity index (χ2v) is 7.90. The van der Waals surface area contributed by atoms with Crippen molar-refractivity contribution in [2.75, 3.05) is 16.3 Å². The van der Waals surface area contributed by atoms with E-state index in [1.807, 2.05) is 43.3 Å². The number of ether oxygens (including phenoxy) is 1. The van der Waals surface area contributed by atoms with Gasteiger partial charge < -0.3 is 15.4 Å². The number of aliphatic imine (C=N–C) groups is 1. The SMILES string of the molecule is CC(=O)N1c2ccc(C(C=NCc3ccccn3)=CN)cc2N(C(=O)OC(C)C)C[C@@H]1C. The second kappa shape index (κ2) is 10.1. The minimum absolute atomic E-state index is 0.0881. The first-order valence-corrected chi connectivity index (χ1v) is 10.6. The summed E-state index contributed by atoms with van der Waals surface area (Å²) in [6.45, 7) is 7.79. The lowest BCUT2D eigenvalue weighted by atomic mass is 10.0. The standard InChI is InChI=1S/C24H29N5O3/c1-16(2)32-24(31)28-15-17(3)29(18(4)30)22-9-8-19(11-23(22)28)20(12-25)13-26-14-21-7-5-6-10-27-21/h5-13,16-17H,14-15,25H2,1-4H3/t17-/m0/s1. The third kappa shape index (κ3) is 5.14. The molecule has 1 aromatic carbocycles. The van der Waals surface area contributed by atoms with E-state index in [0.29, 0.717) is 30.0 Å². The molecule has 0 unspecified atom stereocenters. The van der Waals surface area contributed by atoms with Crippen LogP contribution in [0.25, 0.3) is 5.57 Å². The third-order valence-electron chi connectivity index (χ3n) is 5.03. The highest BCUT2D eigenvalue weighted by Gasteiger charge is 2.34. The third-order valence-corrected chi connectivity index (χ3v) is 5.03. The van der Waals surface area contributed by atoms with Gasteiger partial charge in [0.05, 0.1) is 35.8 Å². The van der Waals surface area contributed by atoms with E-state index in [4.69, 9.17) is 10.5 Å². The summed E-state index contributed by atoms with van der Waals surface area (Å²) < 4.78 is 5.44. The number of carbonyl (C=O) groups excluding carboxylic acids is 2. The Hall–Kier alpha value is -3.68. The Balaban J connectivity index is 1.95. The van der Waals surface area contributed by atoms with Crippen LogP contribution in [-0.4, -0.2) is 41.9 Å². The first-order valence-electron chi connectivity index (χ1n) is 10.6. The van der Waals surface area contributed by atoms with Gasteiger partial charge in [0.2, 0.25) is 5.91 Å². The minimum atomic E-state index is -0.449. The zero-order chi connectivity index (χ0) is 23.3. The number of hydrogen-bond donors (Lipinski definition) is 1. The molecule has 1 aliphatic rings. The van der Waals surface area contributed by atoms with Crippen molar-refractivity contribution in [2.24, 2.45) is 10.7 Å². The van der Waals surface area contributed by atoms with Gasteiger partial charge in [-0.15, -0.1) is 0 Å². The molecule has 1 aliphatic heterocycles. The molecule has 0 saturated carbocycles. The molecule has 1 aromatic heterocycles. The van der Waals surface area contributed by atoms with Gasteiger partial charge in [-0.25, -0.2) is 4.79 Å². The molecule has 2 amide bonds. The van der Waals surface area contributed by atoms with Gasteiger partial charge in [-0.1, -0.05) is 12.1 Å². The highest BCUT2D eigenvalue weighted by Crippen LogP contribution is 2.38. The monoisotopic (exact) mass is 435 g/mol. The van der Waals surface area contributed by atoms with Gasteiger partial charge in [-0.2, -0.15) is 0 Å². The number of rotatable bonds is 5. The van der Waals surface area contributed by atoms with E-state index in [-0.39, 0.29) is 18.1 Å². The van der Waals surface area contributed by atoms with E-state index in [1.165, 1.54) is 13.1 Å². The normalized spacial score (nSPS) is 16.4. The van der Waals surface area contributed by atoms with Crippen molar-refractivity contribution >= 4 is 35.2 Å². The molecule has 3 rings (SSSR count). The van der Waals surface area contributed by atoms with E-state index < -0.39 is 6.09 Å². The fraction of sp³-hybridized carbons (Fsp3) is 0.333. The Morgan fingerprint density at radius 1 is 1.28 bits per heavy atom. The summed E-state index contributed by atoms with van der Waals surface area (Å²) in [6.07, 6.45) is 4.17. The van der Waals surface area contributed by atoms with Crippen molar-refractivity contribution in [3.8, 4) is 0 Å². The molecule has 2 heterocycles. The van der Waals surface area contributed by atoms with Crippen molar-refractivity contribution in [1.29, 1.82) is 0 Å². The van der Waals surface area contributed by atoms with Gasteiger partial charge in [0, 0.05) is 37.7 Å². The molecule has 0 bridgehead atoms. The van der Waals surface area contributed by atoms with E-state index in [1.54, 1.807) is 36.1 Å². The zero-order valence-corrected chi connectivity index (χ0v) is 18.9. The van der Waals surface area contributed by atoms with Crippen LogP contribution in [0.5, 0.6) is 0 Å². The van der Waals surface area contributed by atoms with Crippen LogP contribution in [0, 0.1) is 0 Å². The number of benzene rings is 1. The van der Waals surface area contributed by atoms with Gasteiger partial charge in [0.25, 0.3) is 0 Å². The Morgan fingerprint density at radius 2 is 2.06 bits per heavy atom. The summed E-state index contributed by atoms with van der Waals surface area (Å²) in [7, 11) is 0. The molecule has 8 nitrogen and oxygen atoms in total. The predicted octanol–water partition coefficient (Wildman–Crippen LogP) is 3.76. The number of amides is 2. The second-order valence-electron chi connectivity index (χ2n) is 7.90. The number of hydrogen-bond acceptors (Lipinski definition) is 6. The summed E-state index contributed by atoms with van der Waals surface area (Å²) in [4.78, 5) is 37.1. The van der Waals surface area contributed by atoms with Gasteiger partial charge in [0.15, 0.2) is 0 Å². The van der Waals surface area contributed by atoms with Crippen LogP contribution in [0.4, 0.5) is 16.2 Å². The molecule has 168 valence electrons. The lowest BCUT2D eigenvalue weighted by Crippen LogP contribution is -2.51. The number of allylic oxidation sites excluding steroid dienone is 1. The minimum Gasteiger partial charge on any atom is -0.446 e. The summed E-state index contributed by atoms with van der Waals surface area (Å²) >= 11 is 0. The fourth-order valence-corrected chi connectivity index (χ4v) is 3.67. The number of anilines is 2. The summed E-state index contributed by atoms with van der Waals surface area (Å²) in [5.74, 6) is -0.0881. The molecular formula is C24H29N5O3. The Bertz CT molecular complexity index is 1030. The highest BCUT2D eigenvalue weighted by atomic mass is 16.6. The van der Waals surface area contributed by atoms with E-state index in [2.05, 4.69) is 9.98 Å². The number of pyridine rings is 1. The first-order chi connectivity index (χ1) is 15.3. The van der Waals surface area contributed by atoms with Gasteiger partial charge in [0.1, 0.15) is 0 Å². The van der Waals surface area contributed by atoms with Crippen LogP contribution < -0.4 is 15.5 Å². The lowest BCUT2D eigenvalue weighted by molar-refractivity contribution is -0.117. The molecule has 1 atom stereocenters. The van der Waals surface area contributed by atoms with Crippen LogP contribution in [0.1, 0.15) is 39.0 Å². The van der Waals surface area contributed by atoms with Crippen molar-refractivity contribution < 1.29 is 14.3 Å². The van der Waals surface area contributed by atoms with Gasteiger partial charge in [-0.3, -0.25) is 19.7 Å². The molecule has 32 heavy (non-hydrogen) atoms. The van der Waals surface area contributed by atoms with Crippen LogP contribution >= 0.6 is 0 Å². The van der Waals surface area contributed by atoms with Crippen molar-refractivity contribution in [2.45, 2.75) is 46.4 Å². The van der Waals surface area contributed by atoms with Gasteiger partial charge in [-0.05, 0) is 50.6 Å². The van der Waals surface area contributed by atoms with E-state index in [0.717, 1.165) is 11.3 Å². The topological polar surface area (TPSA) is 101 Å². The summed E-state index contributed by atoms with van der Waals surface area (Å²) in [5.41, 5.74) is 9.44. The predicted molar refractivity (Wildman–Crippen MR) is 127 cm³/mol. The number of fused-ring (bicyclic) bond motifs is 1. The number of aromatic nitrogens is 1. The number of nitrogens with two attached hydrogens (primary N) is 1. The molecular weight excluding hydrogens is 406 g/mol. The molecule has 2 N–H and O–H groups in total. The van der Waals surface area contributed by atoms with Crippen LogP contribution in [-0.2, 0) is 16.1 Å². The highest BCUT2D eigenvalue weighted by molar-refractivity contribution is 6.11. The summed E-state index contributed by atoms with van der Waals surface area (Å²) in [6, 6.07) is 11.0. The van der Waals surface area contributed by atoms with Crippen LogP contribution in [0.2, 0.25) is 0 Å². The Morgan fingerprint density at radius 3 is 2.69 bits per heavy atom. The fourth-order valence-electron chi connectivity index (χ4n) is 3.67. The average Bonchev–Trinajstić information content (AvgIpc) is 2.76. The van der Waals surface area contributed by atoms with Crippen LogP contribution in [0.3, 0.4) is 0 Å². The molecule has 0 fully saturated rings.